The van der Waals surface area contributed by atoms with Crippen LogP contribution < -0.4 is 4.90 Å². The molecule has 4 heterocycles. The number of aryl methyl sites for hydroxylation is 2. The Morgan fingerprint density at radius 1 is 1.22 bits per heavy atom. The molecule has 1 amide bonds. The van der Waals surface area contributed by atoms with Crippen LogP contribution in [0.25, 0.3) is 0 Å². The average molecular weight is 313 g/mol. The first kappa shape index (κ1) is 14.2. The van der Waals surface area contributed by atoms with Crippen LogP contribution in [-0.4, -0.2) is 52.1 Å². The fraction of sp³-hybridized carbons (Fsp3) is 0.500. The number of carbonyl (C=O) groups is 1. The number of hydrogen-bond donors (Lipinski definition) is 0. The van der Waals surface area contributed by atoms with Gasteiger partial charge in [-0.2, -0.15) is 0 Å². The Kier molecular flexibility index (Phi) is 3.28. The largest absolute Gasteiger partial charge is 0.361 e. The van der Waals surface area contributed by atoms with E-state index >= 15 is 0 Å². The monoisotopic (exact) mass is 313 g/mol. The van der Waals surface area contributed by atoms with Crippen LogP contribution in [0.4, 0.5) is 5.82 Å². The Labute approximate surface area is 134 Å². The highest BCUT2D eigenvalue weighted by molar-refractivity contribution is 5.92. The van der Waals surface area contributed by atoms with Crippen molar-refractivity contribution in [2.75, 3.05) is 31.1 Å². The molecule has 120 valence electrons. The van der Waals surface area contributed by atoms with Crippen LogP contribution in [0.15, 0.2) is 23.1 Å². The normalized spacial score (nSPS) is 23.4. The zero-order chi connectivity index (χ0) is 16.0. The lowest BCUT2D eigenvalue weighted by Crippen LogP contribution is -2.33. The molecular weight excluding hydrogens is 294 g/mol. The van der Waals surface area contributed by atoms with Crippen molar-refractivity contribution in [1.29, 1.82) is 0 Å². The molecule has 7 heteroatoms. The highest BCUT2D eigenvalue weighted by Gasteiger charge is 2.42. The van der Waals surface area contributed by atoms with Crippen molar-refractivity contribution >= 4 is 11.7 Å². The topological polar surface area (TPSA) is 75.4 Å². The summed E-state index contributed by atoms with van der Waals surface area (Å²) in [4.78, 5) is 25.1. The number of likely N-dealkylation sites (tertiary alicyclic amines) is 1. The Morgan fingerprint density at radius 2 is 1.96 bits per heavy atom. The summed E-state index contributed by atoms with van der Waals surface area (Å²) in [5, 5.41) is 3.83. The zero-order valence-electron chi connectivity index (χ0n) is 13.3. The quantitative estimate of drug-likeness (QED) is 0.831. The molecule has 0 N–H and O–H groups in total. The first-order valence-corrected chi connectivity index (χ1v) is 7.86. The molecule has 0 saturated carbocycles. The van der Waals surface area contributed by atoms with Gasteiger partial charge in [0.15, 0.2) is 5.69 Å². The van der Waals surface area contributed by atoms with E-state index in [2.05, 4.69) is 20.0 Å². The maximum atomic E-state index is 12.5. The van der Waals surface area contributed by atoms with Crippen molar-refractivity contribution in [3.05, 3.63) is 35.6 Å². The summed E-state index contributed by atoms with van der Waals surface area (Å²) in [6.45, 7) is 7.25. The first-order valence-electron chi connectivity index (χ1n) is 7.86. The second-order valence-corrected chi connectivity index (χ2v) is 6.49. The molecule has 2 aliphatic rings. The molecule has 0 aliphatic carbocycles. The summed E-state index contributed by atoms with van der Waals surface area (Å²) >= 11 is 0. The van der Waals surface area contributed by atoms with E-state index in [1.807, 2.05) is 18.0 Å². The van der Waals surface area contributed by atoms with E-state index in [0.717, 1.165) is 37.6 Å². The third-order valence-electron chi connectivity index (χ3n) is 4.79. The third-order valence-corrected chi connectivity index (χ3v) is 4.79. The van der Waals surface area contributed by atoms with E-state index in [0.29, 0.717) is 23.3 Å². The summed E-state index contributed by atoms with van der Waals surface area (Å²) in [5.41, 5.74) is 1.50. The lowest BCUT2D eigenvalue weighted by molar-refractivity contribution is 0.0772. The molecule has 2 aromatic heterocycles. The van der Waals surface area contributed by atoms with Gasteiger partial charge in [-0.25, -0.2) is 9.97 Å². The van der Waals surface area contributed by atoms with Crippen molar-refractivity contribution in [1.82, 2.24) is 20.0 Å². The van der Waals surface area contributed by atoms with Crippen LogP contribution in [0.3, 0.4) is 0 Å². The number of nitrogens with zero attached hydrogens (tertiary/aromatic N) is 5. The summed E-state index contributed by atoms with van der Waals surface area (Å²) in [7, 11) is 0. The van der Waals surface area contributed by atoms with E-state index in [1.54, 1.807) is 19.3 Å². The fourth-order valence-corrected chi connectivity index (χ4v) is 3.68. The SMILES string of the molecule is Cc1cc(C(=O)N2CC3CN(c4ncncc4C)CC3C2)no1. The molecule has 0 aromatic carbocycles. The number of hydrogen-bond acceptors (Lipinski definition) is 6. The lowest BCUT2D eigenvalue weighted by atomic mass is 10.0. The number of carbonyl (C=O) groups excluding carboxylic acids is 1. The van der Waals surface area contributed by atoms with E-state index in [9.17, 15) is 4.79 Å². The minimum atomic E-state index is -0.0268. The maximum absolute atomic E-state index is 12.5. The second kappa shape index (κ2) is 5.33. The van der Waals surface area contributed by atoms with Gasteiger partial charge in [-0.05, 0) is 13.8 Å². The second-order valence-electron chi connectivity index (χ2n) is 6.49. The molecule has 0 bridgehead atoms. The summed E-state index contributed by atoms with van der Waals surface area (Å²) in [5.74, 6) is 2.63. The van der Waals surface area contributed by atoms with E-state index < -0.39 is 0 Å². The lowest BCUT2D eigenvalue weighted by Gasteiger charge is -2.22. The number of amides is 1. The molecule has 2 aliphatic heterocycles. The van der Waals surface area contributed by atoms with Gasteiger partial charge in [-0.3, -0.25) is 4.79 Å². The van der Waals surface area contributed by atoms with Crippen LogP contribution in [0.1, 0.15) is 21.8 Å². The average Bonchev–Trinajstić information content (AvgIpc) is 3.21. The number of rotatable bonds is 2. The van der Waals surface area contributed by atoms with Gasteiger partial charge in [-0.15, -0.1) is 0 Å². The van der Waals surface area contributed by atoms with Gasteiger partial charge in [0.1, 0.15) is 17.9 Å². The summed E-state index contributed by atoms with van der Waals surface area (Å²) < 4.78 is 5.01. The molecule has 2 unspecified atom stereocenters. The molecule has 23 heavy (non-hydrogen) atoms. The zero-order valence-corrected chi connectivity index (χ0v) is 13.3. The van der Waals surface area contributed by atoms with E-state index in [-0.39, 0.29) is 5.91 Å². The van der Waals surface area contributed by atoms with E-state index in [4.69, 9.17) is 4.52 Å². The van der Waals surface area contributed by atoms with E-state index in [1.165, 1.54) is 0 Å². The predicted molar refractivity (Wildman–Crippen MR) is 83.1 cm³/mol. The highest BCUT2D eigenvalue weighted by Crippen LogP contribution is 2.34. The molecule has 2 atom stereocenters. The molecule has 2 fully saturated rings. The number of fused-ring (bicyclic) bond motifs is 1. The minimum absolute atomic E-state index is 0.0268. The van der Waals surface area contributed by atoms with Gasteiger partial charge < -0.3 is 14.3 Å². The van der Waals surface area contributed by atoms with Gasteiger partial charge in [-0.1, -0.05) is 5.16 Å². The van der Waals surface area contributed by atoms with Crippen molar-refractivity contribution in [2.24, 2.45) is 11.8 Å². The Morgan fingerprint density at radius 3 is 2.57 bits per heavy atom. The molecule has 0 spiro atoms. The van der Waals surface area contributed by atoms with Gasteiger partial charge in [0.2, 0.25) is 0 Å². The molecule has 7 nitrogen and oxygen atoms in total. The Bertz CT molecular complexity index is 730. The fourth-order valence-electron chi connectivity index (χ4n) is 3.68. The molecule has 2 aromatic rings. The van der Waals surface area contributed by atoms with Crippen molar-refractivity contribution in [2.45, 2.75) is 13.8 Å². The van der Waals surface area contributed by atoms with Gasteiger partial charge in [0, 0.05) is 55.8 Å². The maximum Gasteiger partial charge on any atom is 0.276 e. The molecule has 2 saturated heterocycles. The molecule has 4 rings (SSSR count). The van der Waals surface area contributed by atoms with Crippen LogP contribution in [0, 0.1) is 25.7 Å². The van der Waals surface area contributed by atoms with Gasteiger partial charge >= 0.3 is 0 Å². The molecule has 0 radical (unpaired) electrons. The van der Waals surface area contributed by atoms with Crippen LogP contribution in [0.5, 0.6) is 0 Å². The Hall–Kier alpha value is -2.44. The van der Waals surface area contributed by atoms with Crippen molar-refractivity contribution in [3.8, 4) is 0 Å². The van der Waals surface area contributed by atoms with Crippen LogP contribution in [0.2, 0.25) is 0 Å². The number of anilines is 1. The van der Waals surface area contributed by atoms with Crippen LogP contribution in [-0.2, 0) is 0 Å². The van der Waals surface area contributed by atoms with Crippen molar-refractivity contribution < 1.29 is 9.32 Å². The predicted octanol–water partition coefficient (Wildman–Crippen LogP) is 1.29. The first-order chi connectivity index (χ1) is 11.1. The Balaban J connectivity index is 1.44. The number of aromatic nitrogens is 3. The van der Waals surface area contributed by atoms with Crippen LogP contribution >= 0.6 is 0 Å². The third kappa shape index (κ3) is 2.46. The van der Waals surface area contributed by atoms with Gasteiger partial charge in [0.05, 0.1) is 0 Å². The van der Waals surface area contributed by atoms with Gasteiger partial charge in [0.25, 0.3) is 5.91 Å². The highest BCUT2D eigenvalue weighted by atomic mass is 16.5. The summed E-state index contributed by atoms with van der Waals surface area (Å²) in [6.07, 6.45) is 3.44. The molecular formula is C16H19N5O2. The summed E-state index contributed by atoms with van der Waals surface area (Å²) in [6, 6.07) is 1.70. The minimum Gasteiger partial charge on any atom is -0.361 e. The smallest absolute Gasteiger partial charge is 0.276 e. The van der Waals surface area contributed by atoms with Crippen molar-refractivity contribution in [3.63, 3.8) is 0 Å². The standard InChI is InChI=1S/C16H19N5O2/c1-10-4-17-9-18-15(10)20-5-12-7-21(8-13(12)6-20)16(22)14-3-11(2)23-19-14/h3-4,9,12-13H,5-8H2,1-2H3.